The SMILES string of the molecule is Cc1ccc(C(=O)NCC(c2ccco2)n2cccn2)cc1[N+](=O)[O-]. The van der Waals surface area contributed by atoms with E-state index in [1.165, 1.54) is 6.07 Å². The average molecular weight is 340 g/mol. The van der Waals surface area contributed by atoms with Crippen molar-refractivity contribution in [2.75, 3.05) is 6.54 Å². The summed E-state index contributed by atoms with van der Waals surface area (Å²) < 4.78 is 7.10. The standard InChI is InChI=1S/C17H16N4O4/c1-12-5-6-13(10-14(12)21(23)24)17(22)18-11-15(16-4-2-9-25-16)20-8-3-7-19-20/h2-10,15H,11H2,1H3,(H,18,22). The molecule has 0 fully saturated rings. The van der Waals surface area contributed by atoms with Gasteiger partial charge in [0.1, 0.15) is 11.8 Å². The Bertz CT molecular complexity index is 838. The van der Waals surface area contributed by atoms with E-state index < -0.39 is 10.8 Å². The molecule has 8 nitrogen and oxygen atoms in total. The first-order valence-corrected chi connectivity index (χ1v) is 7.62. The van der Waals surface area contributed by atoms with Gasteiger partial charge in [-0.1, -0.05) is 6.07 Å². The number of benzene rings is 1. The minimum absolute atomic E-state index is 0.0812. The van der Waals surface area contributed by atoms with Crippen molar-refractivity contribution >= 4 is 11.6 Å². The molecule has 0 radical (unpaired) electrons. The molecule has 1 amide bonds. The quantitative estimate of drug-likeness (QED) is 0.549. The van der Waals surface area contributed by atoms with Crippen LogP contribution in [0.4, 0.5) is 5.69 Å². The molecular formula is C17H16N4O4. The Balaban J connectivity index is 1.76. The minimum Gasteiger partial charge on any atom is -0.467 e. The molecule has 0 aliphatic carbocycles. The fourth-order valence-electron chi connectivity index (χ4n) is 2.51. The third-order valence-electron chi connectivity index (χ3n) is 3.84. The van der Waals surface area contributed by atoms with E-state index in [1.54, 1.807) is 60.6 Å². The minimum atomic E-state index is -0.499. The van der Waals surface area contributed by atoms with E-state index in [9.17, 15) is 14.9 Å². The second kappa shape index (κ2) is 7.00. The molecule has 3 aromatic rings. The van der Waals surface area contributed by atoms with Crippen LogP contribution < -0.4 is 5.32 Å². The van der Waals surface area contributed by atoms with Crippen molar-refractivity contribution in [1.29, 1.82) is 0 Å². The van der Waals surface area contributed by atoms with Gasteiger partial charge in [0.2, 0.25) is 0 Å². The summed E-state index contributed by atoms with van der Waals surface area (Å²) in [6.07, 6.45) is 4.97. The summed E-state index contributed by atoms with van der Waals surface area (Å²) in [4.78, 5) is 22.9. The maximum Gasteiger partial charge on any atom is 0.273 e. The number of aryl methyl sites for hydroxylation is 1. The zero-order chi connectivity index (χ0) is 17.8. The number of nitro benzene ring substituents is 1. The van der Waals surface area contributed by atoms with Crippen LogP contribution in [0.1, 0.15) is 27.7 Å². The molecule has 1 N–H and O–H groups in total. The molecule has 1 atom stereocenters. The molecule has 2 aromatic heterocycles. The van der Waals surface area contributed by atoms with Gasteiger partial charge in [-0.3, -0.25) is 19.6 Å². The molecule has 0 spiro atoms. The fraction of sp³-hybridized carbons (Fsp3) is 0.176. The van der Waals surface area contributed by atoms with Crippen LogP contribution in [-0.4, -0.2) is 27.2 Å². The van der Waals surface area contributed by atoms with E-state index >= 15 is 0 Å². The molecule has 0 saturated carbocycles. The fourth-order valence-corrected chi connectivity index (χ4v) is 2.51. The Morgan fingerprint density at radius 2 is 2.24 bits per heavy atom. The van der Waals surface area contributed by atoms with Gasteiger partial charge in [0.25, 0.3) is 11.6 Å². The number of amides is 1. The van der Waals surface area contributed by atoms with Crippen LogP contribution in [0.2, 0.25) is 0 Å². The summed E-state index contributed by atoms with van der Waals surface area (Å²) in [5, 5.41) is 18.0. The maximum absolute atomic E-state index is 12.4. The third-order valence-corrected chi connectivity index (χ3v) is 3.84. The largest absolute Gasteiger partial charge is 0.467 e. The zero-order valence-corrected chi connectivity index (χ0v) is 13.5. The third kappa shape index (κ3) is 3.57. The van der Waals surface area contributed by atoms with Crippen LogP contribution in [0.5, 0.6) is 0 Å². The van der Waals surface area contributed by atoms with Gasteiger partial charge in [-0.25, -0.2) is 0 Å². The molecule has 2 heterocycles. The Kier molecular flexibility index (Phi) is 4.60. The first-order chi connectivity index (χ1) is 12.1. The van der Waals surface area contributed by atoms with Crippen molar-refractivity contribution in [2.24, 2.45) is 0 Å². The second-order valence-electron chi connectivity index (χ2n) is 5.49. The summed E-state index contributed by atoms with van der Waals surface area (Å²) in [5.41, 5.74) is 0.657. The summed E-state index contributed by atoms with van der Waals surface area (Å²) in [7, 11) is 0. The summed E-state index contributed by atoms with van der Waals surface area (Å²) in [6.45, 7) is 1.86. The number of carbonyl (C=O) groups is 1. The highest BCUT2D eigenvalue weighted by molar-refractivity contribution is 5.95. The number of hydrogen-bond donors (Lipinski definition) is 1. The molecule has 128 valence electrons. The topological polar surface area (TPSA) is 103 Å². The number of nitrogens with zero attached hydrogens (tertiary/aromatic N) is 3. The van der Waals surface area contributed by atoms with Gasteiger partial charge in [0, 0.05) is 36.1 Å². The summed E-state index contributed by atoms with van der Waals surface area (Å²) in [6, 6.07) is 9.43. The summed E-state index contributed by atoms with van der Waals surface area (Å²) >= 11 is 0. The Labute approximate surface area is 143 Å². The van der Waals surface area contributed by atoms with E-state index in [4.69, 9.17) is 4.42 Å². The normalized spacial score (nSPS) is 11.9. The predicted octanol–water partition coefficient (Wildman–Crippen LogP) is 2.71. The number of rotatable bonds is 6. The number of nitrogens with one attached hydrogen (secondary N) is 1. The number of nitro groups is 1. The maximum atomic E-state index is 12.4. The van der Waals surface area contributed by atoms with E-state index in [2.05, 4.69) is 10.4 Å². The van der Waals surface area contributed by atoms with Gasteiger partial charge in [-0.05, 0) is 31.2 Å². The average Bonchev–Trinajstić information content (AvgIpc) is 3.29. The van der Waals surface area contributed by atoms with Crippen LogP contribution in [0.15, 0.2) is 59.5 Å². The Morgan fingerprint density at radius 1 is 1.40 bits per heavy atom. The summed E-state index contributed by atoms with van der Waals surface area (Å²) in [5.74, 6) is 0.255. The van der Waals surface area contributed by atoms with E-state index in [0.29, 0.717) is 11.3 Å². The van der Waals surface area contributed by atoms with Crippen LogP contribution in [-0.2, 0) is 0 Å². The first kappa shape index (κ1) is 16.4. The van der Waals surface area contributed by atoms with Crippen molar-refractivity contribution < 1.29 is 14.1 Å². The van der Waals surface area contributed by atoms with Gasteiger partial charge in [0.05, 0.1) is 11.2 Å². The van der Waals surface area contributed by atoms with Crippen molar-refractivity contribution in [1.82, 2.24) is 15.1 Å². The second-order valence-corrected chi connectivity index (χ2v) is 5.49. The lowest BCUT2D eigenvalue weighted by atomic mass is 10.1. The van der Waals surface area contributed by atoms with Gasteiger partial charge in [-0.2, -0.15) is 5.10 Å². The van der Waals surface area contributed by atoms with Crippen molar-refractivity contribution in [3.05, 3.63) is 82.1 Å². The molecule has 0 aliphatic rings. The Hall–Kier alpha value is -3.42. The monoisotopic (exact) mass is 340 g/mol. The van der Waals surface area contributed by atoms with Gasteiger partial charge >= 0.3 is 0 Å². The lowest BCUT2D eigenvalue weighted by molar-refractivity contribution is -0.385. The van der Waals surface area contributed by atoms with E-state index in [0.717, 1.165) is 0 Å². The lowest BCUT2D eigenvalue weighted by Crippen LogP contribution is -2.31. The van der Waals surface area contributed by atoms with Gasteiger partial charge in [0.15, 0.2) is 0 Å². The van der Waals surface area contributed by atoms with Crippen LogP contribution in [0, 0.1) is 17.0 Å². The van der Waals surface area contributed by atoms with Crippen molar-refractivity contribution in [2.45, 2.75) is 13.0 Å². The number of furan rings is 1. The molecule has 0 bridgehead atoms. The lowest BCUT2D eigenvalue weighted by Gasteiger charge is -2.16. The molecule has 0 aliphatic heterocycles. The molecule has 0 saturated heterocycles. The van der Waals surface area contributed by atoms with Crippen LogP contribution in [0.3, 0.4) is 0 Å². The predicted molar refractivity (Wildman–Crippen MR) is 89.2 cm³/mol. The molecular weight excluding hydrogens is 324 g/mol. The van der Waals surface area contributed by atoms with E-state index in [-0.39, 0.29) is 23.8 Å². The van der Waals surface area contributed by atoms with Crippen LogP contribution in [0.25, 0.3) is 0 Å². The molecule has 3 rings (SSSR count). The molecule has 1 aromatic carbocycles. The van der Waals surface area contributed by atoms with Gasteiger partial charge in [-0.15, -0.1) is 0 Å². The molecule has 8 heteroatoms. The first-order valence-electron chi connectivity index (χ1n) is 7.62. The number of aromatic nitrogens is 2. The molecule has 1 unspecified atom stereocenters. The van der Waals surface area contributed by atoms with Crippen molar-refractivity contribution in [3.8, 4) is 0 Å². The number of carbonyl (C=O) groups excluding carboxylic acids is 1. The zero-order valence-electron chi connectivity index (χ0n) is 13.5. The van der Waals surface area contributed by atoms with Gasteiger partial charge < -0.3 is 9.73 Å². The molecule has 25 heavy (non-hydrogen) atoms. The Morgan fingerprint density at radius 3 is 2.88 bits per heavy atom. The van der Waals surface area contributed by atoms with E-state index in [1.807, 2.05) is 0 Å². The highest BCUT2D eigenvalue weighted by Gasteiger charge is 2.20. The van der Waals surface area contributed by atoms with Crippen molar-refractivity contribution in [3.63, 3.8) is 0 Å². The van der Waals surface area contributed by atoms with Crippen LogP contribution >= 0.6 is 0 Å². The smallest absolute Gasteiger partial charge is 0.273 e. The number of hydrogen-bond acceptors (Lipinski definition) is 5. The highest BCUT2D eigenvalue weighted by atomic mass is 16.6. The highest BCUT2D eigenvalue weighted by Crippen LogP contribution is 2.20.